The van der Waals surface area contributed by atoms with E-state index >= 15 is 0 Å². The monoisotopic (exact) mass is 369 g/mol. The highest BCUT2D eigenvalue weighted by molar-refractivity contribution is 5.99. The molecule has 3 heterocycles. The van der Waals surface area contributed by atoms with E-state index in [9.17, 15) is 9.18 Å². The van der Waals surface area contributed by atoms with E-state index in [0.29, 0.717) is 35.9 Å². The van der Waals surface area contributed by atoms with Gasteiger partial charge in [-0.25, -0.2) is 13.9 Å². The molecule has 2 aromatic heterocycles. The number of fused-ring (bicyclic) bond motifs is 2. The molecule has 1 amide bonds. The summed E-state index contributed by atoms with van der Waals surface area (Å²) in [6.07, 6.45) is 4.18. The van der Waals surface area contributed by atoms with Crippen molar-refractivity contribution in [3.63, 3.8) is 0 Å². The zero-order valence-corrected chi connectivity index (χ0v) is 15.0. The summed E-state index contributed by atoms with van der Waals surface area (Å²) >= 11 is 0. The molecule has 8 heteroatoms. The lowest BCUT2D eigenvalue weighted by Crippen LogP contribution is -2.28. The highest BCUT2D eigenvalue weighted by Crippen LogP contribution is 2.25. The molecule has 0 saturated carbocycles. The largest absolute Gasteiger partial charge is 0.491 e. The Morgan fingerprint density at radius 1 is 1.33 bits per heavy atom. The first-order chi connectivity index (χ1) is 13.2. The molecular formula is C19H20FN5O2. The fourth-order valence-electron chi connectivity index (χ4n) is 3.18. The minimum absolute atomic E-state index is 0.251. The number of carbonyl (C=O) groups excluding carboxylic acids is 1. The molecule has 1 aromatic carbocycles. The van der Waals surface area contributed by atoms with Crippen LogP contribution in [0.25, 0.3) is 5.65 Å². The van der Waals surface area contributed by atoms with Crippen LogP contribution in [0.1, 0.15) is 29.3 Å². The maximum absolute atomic E-state index is 13.8. The Labute approximate surface area is 155 Å². The highest BCUT2D eigenvalue weighted by atomic mass is 19.1. The van der Waals surface area contributed by atoms with Gasteiger partial charge in [-0.1, -0.05) is 6.92 Å². The average Bonchev–Trinajstić information content (AvgIpc) is 3.08. The normalized spacial score (nSPS) is 14.7. The van der Waals surface area contributed by atoms with Crippen LogP contribution < -0.4 is 15.0 Å². The SMILES string of the molecule is CCCN1Cc2cc(F)ccc2OCCNC(=O)c2cnn3ccc1nc23. The van der Waals surface area contributed by atoms with Crippen LogP contribution in [-0.2, 0) is 6.54 Å². The molecule has 0 radical (unpaired) electrons. The quantitative estimate of drug-likeness (QED) is 0.751. The topological polar surface area (TPSA) is 71.8 Å². The van der Waals surface area contributed by atoms with Crippen LogP contribution in [0.15, 0.2) is 36.7 Å². The number of hydrogen-bond donors (Lipinski definition) is 1. The maximum Gasteiger partial charge on any atom is 0.256 e. The van der Waals surface area contributed by atoms with Gasteiger partial charge < -0.3 is 15.0 Å². The van der Waals surface area contributed by atoms with Gasteiger partial charge in [0.25, 0.3) is 5.91 Å². The molecule has 0 atom stereocenters. The molecule has 1 aliphatic rings. The molecular weight excluding hydrogens is 349 g/mol. The van der Waals surface area contributed by atoms with E-state index in [1.165, 1.54) is 18.3 Å². The number of carbonyl (C=O) groups is 1. The van der Waals surface area contributed by atoms with Crippen LogP contribution in [0.4, 0.5) is 10.2 Å². The van der Waals surface area contributed by atoms with Gasteiger partial charge in [-0.05, 0) is 30.7 Å². The minimum atomic E-state index is -0.312. The number of halogens is 1. The van der Waals surface area contributed by atoms with Gasteiger partial charge in [0.1, 0.15) is 29.6 Å². The fourth-order valence-corrected chi connectivity index (χ4v) is 3.18. The molecule has 3 aromatic rings. The minimum Gasteiger partial charge on any atom is -0.491 e. The summed E-state index contributed by atoms with van der Waals surface area (Å²) in [5.74, 6) is 0.746. The van der Waals surface area contributed by atoms with E-state index in [0.717, 1.165) is 18.5 Å². The zero-order valence-electron chi connectivity index (χ0n) is 15.0. The number of hydrogen-bond acceptors (Lipinski definition) is 5. The second-order valence-corrected chi connectivity index (χ2v) is 6.39. The van der Waals surface area contributed by atoms with Crippen LogP contribution in [-0.4, -0.2) is 40.2 Å². The standard InChI is InChI=1S/C19H20FN5O2/c1-2-7-24-12-13-10-14(20)3-4-16(13)27-9-6-21-19(26)15-11-22-25-8-5-17(24)23-18(15)25/h3-5,8,10-11H,2,6-7,9,12H2,1H3,(H,21,26). The van der Waals surface area contributed by atoms with Crippen molar-refractivity contribution in [2.45, 2.75) is 19.9 Å². The number of aromatic nitrogens is 3. The molecule has 2 bridgehead atoms. The van der Waals surface area contributed by atoms with Gasteiger partial charge in [0.15, 0.2) is 5.65 Å². The lowest BCUT2D eigenvalue weighted by molar-refractivity contribution is 0.0948. The van der Waals surface area contributed by atoms with Crippen molar-refractivity contribution in [3.8, 4) is 5.75 Å². The molecule has 4 rings (SSSR count). The lowest BCUT2D eigenvalue weighted by atomic mass is 10.1. The van der Waals surface area contributed by atoms with Gasteiger partial charge in [0, 0.05) is 24.8 Å². The molecule has 7 nitrogen and oxygen atoms in total. The zero-order chi connectivity index (χ0) is 18.8. The number of nitrogens with zero attached hydrogens (tertiary/aromatic N) is 4. The Hall–Kier alpha value is -3.16. The highest BCUT2D eigenvalue weighted by Gasteiger charge is 2.18. The van der Waals surface area contributed by atoms with E-state index in [1.807, 2.05) is 11.0 Å². The molecule has 1 aliphatic heterocycles. The van der Waals surface area contributed by atoms with E-state index < -0.39 is 0 Å². The van der Waals surface area contributed by atoms with Gasteiger partial charge in [-0.15, -0.1) is 0 Å². The molecule has 27 heavy (non-hydrogen) atoms. The first-order valence-corrected chi connectivity index (χ1v) is 8.94. The molecule has 0 saturated heterocycles. The van der Waals surface area contributed by atoms with Gasteiger partial charge in [-0.2, -0.15) is 5.10 Å². The summed E-state index contributed by atoms with van der Waals surface area (Å²) in [7, 11) is 0. The van der Waals surface area contributed by atoms with Crippen molar-refractivity contribution in [2.75, 3.05) is 24.6 Å². The summed E-state index contributed by atoms with van der Waals surface area (Å²) in [6, 6.07) is 6.33. The third-order valence-corrected chi connectivity index (χ3v) is 4.45. The van der Waals surface area contributed by atoms with E-state index in [2.05, 4.69) is 22.3 Å². The first-order valence-electron chi connectivity index (χ1n) is 8.94. The van der Waals surface area contributed by atoms with E-state index in [1.54, 1.807) is 16.8 Å². The van der Waals surface area contributed by atoms with Crippen molar-refractivity contribution in [2.24, 2.45) is 0 Å². The second kappa shape index (κ2) is 7.22. The maximum atomic E-state index is 13.8. The fraction of sp³-hybridized carbons (Fsp3) is 0.316. The van der Waals surface area contributed by atoms with Crippen LogP contribution in [0.3, 0.4) is 0 Å². The smallest absolute Gasteiger partial charge is 0.256 e. The van der Waals surface area contributed by atoms with Gasteiger partial charge >= 0.3 is 0 Å². The van der Waals surface area contributed by atoms with Gasteiger partial charge in [-0.3, -0.25) is 4.79 Å². The predicted octanol–water partition coefficient (Wildman–Crippen LogP) is 2.41. The van der Waals surface area contributed by atoms with Crippen LogP contribution in [0, 0.1) is 5.82 Å². The van der Waals surface area contributed by atoms with Gasteiger partial charge in [0.05, 0.1) is 12.7 Å². The van der Waals surface area contributed by atoms with Crippen molar-refractivity contribution >= 4 is 17.4 Å². The number of amides is 1. The van der Waals surface area contributed by atoms with Crippen molar-refractivity contribution in [1.29, 1.82) is 0 Å². The number of nitrogens with one attached hydrogen (secondary N) is 1. The van der Waals surface area contributed by atoms with Crippen molar-refractivity contribution < 1.29 is 13.9 Å². The van der Waals surface area contributed by atoms with E-state index in [4.69, 9.17) is 4.74 Å². The molecule has 1 N–H and O–H groups in total. The number of rotatable bonds is 2. The number of ether oxygens (including phenoxy) is 1. The molecule has 0 aliphatic carbocycles. The van der Waals surface area contributed by atoms with Crippen LogP contribution in [0.2, 0.25) is 0 Å². The Morgan fingerprint density at radius 3 is 3.07 bits per heavy atom. The molecule has 0 fully saturated rings. The van der Waals surface area contributed by atoms with Crippen LogP contribution in [0.5, 0.6) is 5.75 Å². The second-order valence-electron chi connectivity index (χ2n) is 6.39. The molecule has 140 valence electrons. The summed E-state index contributed by atoms with van der Waals surface area (Å²) in [5, 5.41) is 7.01. The lowest BCUT2D eigenvalue weighted by Gasteiger charge is -2.24. The predicted molar refractivity (Wildman–Crippen MR) is 98.6 cm³/mol. The first kappa shape index (κ1) is 17.3. The Balaban J connectivity index is 1.82. The Morgan fingerprint density at radius 2 is 2.22 bits per heavy atom. The molecule has 0 spiro atoms. The Kier molecular flexibility index (Phi) is 4.62. The molecule has 0 unspecified atom stereocenters. The third kappa shape index (κ3) is 3.42. The average molecular weight is 369 g/mol. The number of anilines is 1. The van der Waals surface area contributed by atoms with Crippen molar-refractivity contribution in [3.05, 3.63) is 53.6 Å². The summed E-state index contributed by atoms with van der Waals surface area (Å²) in [6.45, 7) is 3.86. The third-order valence-electron chi connectivity index (χ3n) is 4.45. The van der Waals surface area contributed by atoms with E-state index in [-0.39, 0.29) is 18.3 Å². The van der Waals surface area contributed by atoms with Crippen molar-refractivity contribution in [1.82, 2.24) is 19.9 Å². The summed E-state index contributed by atoms with van der Waals surface area (Å²) in [5.41, 5.74) is 1.64. The van der Waals surface area contributed by atoms with Crippen LogP contribution >= 0.6 is 0 Å². The number of benzene rings is 1. The Bertz CT molecular complexity index is 987. The van der Waals surface area contributed by atoms with Gasteiger partial charge in [0.2, 0.25) is 0 Å². The summed E-state index contributed by atoms with van der Waals surface area (Å²) in [4.78, 5) is 19.2. The summed E-state index contributed by atoms with van der Waals surface area (Å²) < 4.78 is 21.2.